The van der Waals surface area contributed by atoms with E-state index in [-0.39, 0.29) is 29.4 Å². The van der Waals surface area contributed by atoms with Crippen molar-refractivity contribution in [2.24, 2.45) is 20.4 Å². The third kappa shape index (κ3) is 9.48. The fraction of sp³-hybridized carbons (Fsp3) is 0.192. The van der Waals surface area contributed by atoms with Crippen molar-refractivity contribution in [2.45, 2.75) is 30.3 Å². The van der Waals surface area contributed by atoms with Crippen molar-refractivity contribution in [1.82, 2.24) is 10.6 Å². The van der Waals surface area contributed by atoms with Crippen molar-refractivity contribution in [2.75, 3.05) is 5.32 Å². The Labute approximate surface area is 248 Å². The molecule has 3 N–H and O–H groups in total. The van der Waals surface area contributed by atoms with Gasteiger partial charge in [0.25, 0.3) is 0 Å². The van der Waals surface area contributed by atoms with Crippen LogP contribution in [0.1, 0.15) is 31.3 Å². The van der Waals surface area contributed by atoms with Crippen LogP contribution in [0.25, 0.3) is 0 Å². The number of nitrogens with zero attached hydrogens (tertiary/aromatic N) is 4. The number of amides is 3. The second-order valence-corrected chi connectivity index (χ2v) is 11.0. The van der Waals surface area contributed by atoms with Gasteiger partial charge >= 0.3 is 0 Å². The van der Waals surface area contributed by atoms with Gasteiger partial charge in [0.2, 0.25) is 17.7 Å². The first-order valence-corrected chi connectivity index (χ1v) is 14.3. The van der Waals surface area contributed by atoms with Crippen LogP contribution in [0.2, 0.25) is 5.02 Å². The molecule has 2 aliphatic heterocycles. The number of amidine groups is 2. The van der Waals surface area contributed by atoms with Gasteiger partial charge in [0, 0.05) is 17.1 Å². The Bertz CT molecular complexity index is 1460. The molecule has 0 saturated carbocycles. The summed E-state index contributed by atoms with van der Waals surface area (Å²) in [5, 5.41) is 24.3. The summed E-state index contributed by atoms with van der Waals surface area (Å²) in [5.41, 5.74) is 0.620. The smallest absolute Gasteiger partial charge is 0.240 e. The first-order valence-electron chi connectivity index (χ1n) is 12.2. The summed E-state index contributed by atoms with van der Waals surface area (Å²) >= 11 is 8.36. The maximum absolute atomic E-state index is 12.1. The number of hydrogen-bond donors (Lipinski definition) is 3. The SMILES string of the molecule is CCC1S/C(=N/N=C\c2ccco2)NC1=O.O=C(CC1S/C(=N/N=C\c2ccco2)NC1=O)Nc1ccc(Cl)cc1. The molecular weight excluding hydrogens is 590 g/mol. The van der Waals surface area contributed by atoms with E-state index in [0.29, 0.717) is 32.6 Å². The van der Waals surface area contributed by atoms with Crippen molar-refractivity contribution < 1.29 is 23.2 Å². The second-order valence-electron chi connectivity index (χ2n) is 8.19. The maximum atomic E-state index is 12.1. The predicted octanol–water partition coefficient (Wildman–Crippen LogP) is 4.49. The van der Waals surface area contributed by atoms with E-state index in [9.17, 15) is 14.4 Å². The average molecular weight is 614 g/mol. The quantitative estimate of drug-likeness (QED) is 0.249. The van der Waals surface area contributed by atoms with Gasteiger partial charge in [-0.2, -0.15) is 10.2 Å². The molecule has 0 aliphatic carbocycles. The molecule has 0 radical (unpaired) electrons. The number of hydrogen-bond acceptors (Lipinski definition) is 11. The number of furan rings is 2. The number of carbonyl (C=O) groups is 3. The van der Waals surface area contributed by atoms with Gasteiger partial charge in [-0.05, 0) is 55.0 Å². The topological polar surface area (TPSA) is 163 Å². The van der Waals surface area contributed by atoms with Crippen molar-refractivity contribution in [1.29, 1.82) is 0 Å². The lowest BCUT2D eigenvalue weighted by Crippen LogP contribution is -2.28. The highest BCUT2D eigenvalue weighted by molar-refractivity contribution is 8.15. The number of carbonyl (C=O) groups excluding carboxylic acids is 3. The number of benzene rings is 1. The summed E-state index contributed by atoms with van der Waals surface area (Å²) in [5.74, 6) is 0.640. The first kappa shape index (κ1) is 29.8. The number of halogens is 1. The Hall–Kier alpha value is -4.14. The normalized spacial score (nSPS) is 20.4. The third-order valence-electron chi connectivity index (χ3n) is 5.18. The van der Waals surface area contributed by atoms with Crippen LogP contribution in [-0.4, -0.2) is 51.0 Å². The van der Waals surface area contributed by atoms with Crippen LogP contribution in [0.4, 0.5) is 5.69 Å². The van der Waals surface area contributed by atoms with Crippen molar-refractivity contribution in [3.8, 4) is 0 Å². The molecule has 3 aromatic rings. The highest BCUT2D eigenvalue weighted by atomic mass is 35.5. The fourth-order valence-corrected chi connectivity index (χ4v) is 5.13. The molecule has 3 amide bonds. The molecule has 212 valence electrons. The van der Waals surface area contributed by atoms with Gasteiger partial charge < -0.3 is 24.8 Å². The molecule has 0 spiro atoms. The zero-order chi connectivity index (χ0) is 29.0. The zero-order valence-corrected chi connectivity index (χ0v) is 23.9. The van der Waals surface area contributed by atoms with Crippen molar-refractivity contribution in [3.63, 3.8) is 0 Å². The number of nitrogens with one attached hydrogen (secondary N) is 3. The monoisotopic (exact) mass is 613 g/mol. The molecule has 15 heteroatoms. The van der Waals surface area contributed by atoms with Gasteiger partial charge in [0.15, 0.2) is 10.3 Å². The minimum absolute atomic E-state index is 0.000511. The molecule has 5 rings (SSSR count). The van der Waals surface area contributed by atoms with E-state index in [1.165, 1.54) is 30.5 Å². The van der Waals surface area contributed by atoms with Gasteiger partial charge in [-0.3, -0.25) is 14.4 Å². The first-order chi connectivity index (χ1) is 19.9. The Morgan fingerprint density at radius 1 is 0.902 bits per heavy atom. The highest BCUT2D eigenvalue weighted by Gasteiger charge is 2.32. The second kappa shape index (κ2) is 15.0. The summed E-state index contributed by atoms with van der Waals surface area (Å²) in [7, 11) is 0. The van der Waals surface area contributed by atoms with Crippen LogP contribution in [0.3, 0.4) is 0 Å². The summed E-state index contributed by atoms with van der Waals surface area (Å²) in [4.78, 5) is 35.3. The molecule has 12 nitrogen and oxygen atoms in total. The molecule has 2 aliphatic rings. The molecule has 2 atom stereocenters. The molecule has 2 unspecified atom stereocenters. The fourth-order valence-electron chi connectivity index (χ4n) is 3.23. The van der Waals surface area contributed by atoms with Crippen molar-refractivity contribution in [3.05, 3.63) is 77.6 Å². The summed E-state index contributed by atoms with van der Waals surface area (Å²) in [6.45, 7) is 1.96. The Balaban J connectivity index is 0.000000208. The minimum Gasteiger partial charge on any atom is -0.463 e. The zero-order valence-electron chi connectivity index (χ0n) is 21.5. The molecule has 4 heterocycles. The van der Waals surface area contributed by atoms with E-state index >= 15 is 0 Å². The van der Waals surface area contributed by atoms with E-state index in [1.54, 1.807) is 54.8 Å². The van der Waals surface area contributed by atoms with Gasteiger partial charge in [-0.25, -0.2) is 0 Å². The van der Waals surface area contributed by atoms with E-state index < -0.39 is 5.25 Å². The van der Waals surface area contributed by atoms with Crippen LogP contribution in [-0.2, 0) is 14.4 Å². The molecule has 41 heavy (non-hydrogen) atoms. The molecule has 0 bridgehead atoms. The number of anilines is 1. The molecule has 2 saturated heterocycles. The van der Waals surface area contributed by atoms with E-state index in [0.717, 1.165) is 18.2 Å². The summed E-state index contributed by atoms with van der Waals surface area (Å²) in [6.07, 6.45) is 6.83. The maximum Gasteiger partial charge on any atom is 0.240 e. The lowest BCUT2D eigenvalue weighted by atomic mass is 10.2. The van der Waals surface area contributed by atoms with Crippen LogP contribution in [0.5, 0.6) is 0 Å². The number of rotatable bonds is 8. The lowest BCUT2D eigenvalue weighted by Gasteiger charge is -2.07. The summed E-state index contributed by atoms with van der Waals surface area (Å²) < 4.78 is 10.1. The Morgan fingerprint density at radius 2 is 1.44 bits per heavy atom. The van der Waals surface area contributed by atoms with E-state index in [4.69, 9.17) is 20.4 Å². The Morgan fingerprint density at radius 3 is 1.93 bits per heavy atom. The third-order valence-corrected chi connectivity index (χ3v) is 7.74. The van der Waals surface area contributed by atoms with Gasteiger partial charge in [-0.1, -0.05) is 42.0 Å². The highest BCUT2D eigenvalue weighted by Crippen LogP contribution is 2.24. The minimum atomic E-state index is -0.551. The summed E-state index contributed by atoms with van der Waals surface area (Å²) in [6, 6.07) is 13.7. The van der Waals surface area contributed by atoms with E-state index in [2.05, 4.69) is 36.4 Å². The number of thioether (sulfide) groups is 2. The largest absolute Gasteiger partial charge is 0.463 e. The van der Waals surface area contributed by atoms with Gasteiger partial charge in [0.05, 0.1) is 30.2 Å². The molecule has 1 aromatic carbocycles. The lowest BCUT2D eigenvalue weighted by molar-refractivity contribution is -0.122. The predicted molar refractivity (Wildman–Crippen MR) is 162 cm³/mol. The molecule has 2 aromatic heterocycles. The van der Waals surface area contributed by atoms with Crippen LogP contribution < -0.4 is 16.0 Å². The van der Waals surface area contributed by atoms with Gasteiger partial charge in [0.1, 0.15) is 16.8 Å². The average Bonchev–Trinajstić information content (AvgIpc) is 3.76. The van der Waals surface area contributed by atoms with Crippen LogP contribution >= 0.6 is 35.1 Å². The Kier molecular flexibility index (Phi) is 10.9. The van der Waals surface area contributed by atoms with Crippen LogP contribution in [0.15, 0.2) is 90.3 Å². The van der Waals surface area contributed by atoms with E-state index in [1.807, 2.05) is 6.92 Å². The van der Waals surface area contributed by atoms with Crippen LogP contribution in [0, 0.1) is 0 Å². The molecule has 2 fully saturated rings. The molecular formula is C26H24ClN7O5S2. The standard InChI is InChI=1S/C16H13ClN4O3S.C10H11N3O2S/c17-10-3-5-11(6-4-10)19-14(22)8-13-15(23)20-16(25-13)21-18-9-12-2-1-7-24-12;1-2-8-9(14)12-10(16-8)13-11-6-7-4-3-5-15-7/h1-7,9,13H,8H2,(H,19,22)(H,20,21,23);3-6,8H,2H2,1H3,(H,12,13,14)/b18-9-;11-6-. The van der Waals surface area contributed by atoms with Gasteiger partial charge in [-0.15, -0.1) is 10.2 Å². The van der Waals surface area contributed by atoms with Crippen molar-refractivity contribution >= 4 is 81.3 Å².